The number of hydrogen-bond donors (Lipinski definition) is 1. The van der Waals surface area contributed by atoms with Crippen LogP contribution in [-0.4, -0.2) is 16.8 Å². The lowest BCUT2D eigenvalue weighted by Gasteiger charge is -2.24. The fourth-order valence-corrected chi connectivity index (χ4v) is 4.48. The van der Waals surface area contributed by atoms with Crippen LogP contribution in [0.15, 0.2) is 90.3 Å². The first-order chi connectivity index (χ1) is 16.5. The van der Waals surface area contributed by atoms with E-state index in [9.17, 15) is 14.0 Å². The van der Waals surface area contributed by atoms with Crippen molar-refractivity contribution in [3.8, 4) is 11.3 Å². The summed E-state index contributed by atoms with van der Waals surface area (Å²) in [7, 11) is 0. The molecule has 4 rings (SSSR count). The van der Waals surface area contributed by atoms with Gasteiger partial charge in [-0.25, -0.2) is 9.37 Å². The Balaban J connectivity index is 1.64. The number of aromatic nitrogens is 1. The molecule has 1 unspecified atom stereocenters. The van der Waals surface area contributed by atoms with Crippen LogP contribution in [0.4, 0.5) is 9.52 Å². The predicted octanol–water partition coefficient (Wildman–Crippen LogP) is 5.75. The van der Waals surface area contributed by atoms with Crippen LogP contribution in [0, 0.1) is 5.82 Å². The number of benzene rings is 3. The van der Waals surface area contributed by atoms with E-state index < -0.39 is 6.04 Å². The summed E-state index contributed by atoms with van der Waals surface area (Å²) in [5.74, 6) is -0.745. The maximum absolute atomic E-state index is 13.6. The van der Waals surface area contributed by atoms with E-state index in [0.717, 1.165) is 22.4 Å². The molecule has 7 heteroatoms. The molecule has 0 aliphatic rings. The van der Waals surface area contributed by atoms with Gasteiger partial charge in [-0.1, -0.05) is 72.8 Å². The molecule has 0 saturated heterocycles. The molecule has 3 aromatic carbocycles. The van der Waals surface area contributed by atoms with Crippen molar-refractivity contribution in [2.75, 3.05) is 4.90 Å². The van der Waals surface area contributed by atoms with Gasteiger partial charge in [0.1, 0.15) is 5.82 Å². The molecule has 0 aliphatic carbocycles. The van der Waals surface area contributed by atoms with Gasteiger partial charge in [0.05, 0.1) is 24.7 Å². The molecule has 0 aliphatic heterocycles. The molecule has 0 bridgehead atoms. The minimum Gasteiger partial charge on any atom is -0.349 e. The lowest BCUT2D eigenvalue weighted by Crippen LogP contribution is -2.35. The Kier molecular flexibility index (Phi) is 7.44. The van der Waals surface area contributed by atoms with Gasteiger partial charge in [0, 0.05) is 17.9 Å². The van der Waals surface area contributed by atoms with Gasteiger partial charge >= 0.3 is 0 Å². The van der Waals surface area contributed by atoms with Gasteiger partial charge in [0.2, 0.25) is 11.8 Å². The summed E-state index contributed by atoms with van der Waals surface area (Å²) in [4.78, 5) is 31.8. The Morgan fingerprint density at radius 3 is 2.26 bits per heavy atom. The van der Waals surface area contributed by atoms with Crippen LogP contribution in [0.25, 0.3) is 11.3 Å². The highest BCUT2D eigenvalue weighted by Crippen LogP contribution is 2.30. The maximum Gasteiger partial charge on any atom is 0.231 e. The molecule has 1 aromatic heterocycles. The van der Waals surface area contributed by atoms with Crippen molar-refractivity contribution in [1.29, 1.82) is 0 Å². The Morgan fingerprint density at radius 1 is 0.971 bits per heavy atom. The number of hydrogen-bond acceptors (Lipinski definition) is 4. The largest absolute Gasteiger partial charge is 0.349 e. The second kappa shape index (κ2) is 10.9. The third-order valence-electron chi connectivity index (χ3n) is 5.31. The Labute approximate surface area is 201 Å². The number of thiazole rings is 1. The lowest BCUT2D eigenvalue weighted by atomic mass is 10.0. The molecule has 4 aromatic rings. The summed E-state index contributed by atoms with van der Waals surface area (Å²) in [5, 5.41) is 5.34. The molecular formula is C27H24FN3O2S. The molecule has 5 nitrogen and oxygen atoms in total. The molecule has 2 amide bonds. The van der Waals surface area contributed by atoms with E-state index in [2.05, 4.69) is 5.32 Å². The lowest BCUT2D eigenvalue weighted by molar-refractivity contribution is -0.121. The van der Waals surface area contributed by atoms with Crippen LogP contribution in [0.1, 0.15) is 30.5 Å². The van der Waals surface area contributed by atoms with E-state index in [1.165, 1.54) is 30.4 Å². The number of nitrogens with one attached hydrogen (secondary N) is 1. The SMILES string of the molecule is CC(=O)NC(CC(=O)N(Cc1ccc(F)cc1)c1nc(-c2ccccc2)cs1)c1ccccc1. The van der Waals surface area contributed by atoms with Crippen molar-refractivity contribution >= 4 is 28.3 Å². The standard InChI is InChI=1S/C27H24FN3O2S/c1-19(32)29-24(21-8-4-2-5-9-21)16-26(33)31(17-20-12-14-23(28)15-13-20)27-30-25(18-34-27)22-10-6-3-7-11-22/h2-15,18,24H,16-17H2,1H3,(H,29,32). The maximum atomic E-state index is 13.6. The number of amides is 2. The normalized spacial score (nSPS) is 11.6. The average molecular weight is 474 g/mol. The minimum atomic E-state index is -0.476. The first kappa shape index (κ1) is 23.3. The van der Waals surface area contributed by atoms with Crippen LogP contribution in [-0.2, 0) is 16.1 Å². The highest BCUT2D eigenvalue weighted by molar-refractivity contribution is 7.14. The van der Waals surface area contributed by atoms with Gasteiger partial charge in [-0.3, -0.25) is 14.5 Å². The zero-order valence-corrected chi connectivity index (χ0v) is 19.5. The van der Waals surface area contributed by atoms with Gasteiger partial charge in [-0.2, -0.15) is 0 Å². The molecule has 34 heavy (non-hydrogen) atoms. The number of carbonyl (C=O) groups excluding carboxylic acids is 2. The monoisotopic (exact) mass is 473 g/mol. The van der Waals surface area contributed by atoms with Crippen molar-refractivity contribution in [3.05, 3.63) is 107 Å². The van der Waals surface area contributed by atoms with E-state index in [1.807, 2.05) is 66.0 Å². The van der Waals surface area contributed by atoms with Crippen LogP contribution in [0.3, 0.4) is 0 Å². The van der Waals surface area contributed by atoms with Gasteiger partial charge in [-0.15, -0.1) is 11.3 Å². The fraction of sp³-hybridized carbons (Fsp3) is 0.148. The van der Waals surface area contributed by atoms with Crippen LogP contribution in [0.2, 0.25) is 0 Å². The number of anilines is 1. The van der Waals surface area contributed by atoms with Gasteiger partial charge in [0.25, 0.3) is 0 Å². The Bertz CT molecular complexity index is 1240. The quantitative estimate of drug-likeness (QED) is 0.354. The zero-order chi connectivity index (χ0) is 23.9. The summed E-state index contributed by atoms with van der Waals surface area (Å²) >= 11 is 1.37. The van der Waals surface area contributed by atoms with Crippen molar-refractivity contribution in [1.82, 2.24) is 10.3 Å². The molecule has 0 saturated carbocycles. The van der Waals surface area contributed by atoms with Crippen LogP contribution < -0.4 is 10.2 Å². The number of rotatable bonds is 8. The van der Waals surface area contributed by atoms with E-state index in [0.29, 0.717) is 5.13 Å². The third-order valence-corrected chi connectivity index (χ3v) is 6.17. The second-order valence-electron chi connectivity index (χ2n) is 7.86. The third kappa shape index (κ3) is 5.94. The van der Waals surface area contributed by atoms with E-state index in [-0.39, 0.29) is 30.6 Å². The fourth-order valence-electron chi connectivity index (χ4n) is 3.63. The smallest absolute Gasteiger partial charge is 0.231 e. The summed E-state index contributed by atoms with van der Waals surface area (Å²) in [6.07, 6.45) is 0.0606. The Hall–Kier alpha value is -3.84. The second-order valence-corrected chi connectivity index (χ2v) is 8.69. The molecule has 0 spiro atoms. The molecule has 172 valence electrons. The molecule has 0 fully saturated rings. The first-order valence-corrected chi connectivity index (χ1v) is 11.8. The summed E-state index contributed by atoms with van der Waals surface area (Å²) in [6.45, 7) is 1.67. The molecular weight excluding hydrogens is 449 g/mol. The summed E-state index contributed by atoms with van der Waals surface area (Å²) in [6, 6.07) is 24.7. The highest BCUT2D eigenvalue weighted by Gasteiger charge is 2.25. The predicted molar refractivity (Wildman–Crippen MR) is 133 cm³/mol. The Morgan fingerprint density at radius 2 is 1.62 bits per heavy atom. The highest BCUT2D eigenvalue weighted by atomic mass is 32.1. The van der Waals surface area contributed by atoms with Gasteiger partial charge in [0.15, 0.2) is 5.13 Å². The van der Waals surface area contributed by atoms with E-state index >= 15 is 0 Å². The molecule has 0 radical (unpaired) electrons. The van der Waals surface area contributed by atoms with Crippen molar-refractivity contribution in [3.63, 3.8) is 0 Å². The zero-order valence-electron chi connectivity index (χ0n) is 18.6. The van der Waals surface area contributed by atoms with Crippen LogP contribution in [0.5, 0.6) is 0 Å². The van der Waals surface area contributed by atoms with E-state index in [1.54, 1.807) is 17.0 Å². The van der Waals surface area contributed by atoms with E-state index in [4.69, 9.17) is 4.98 Å². The van der Waals surface area contributed by atoms with Crippen molar-refractivity contribution in [2.45, 2.75) is 25.9 Å². The topological polar surface area (TPSA) is 62.3 Å². The van der Waals surface area contributed by atoms with Gasteiger partial charge in [-0.05, 0) is 23.3 Å². The summed E-state index contributed by atoms with van der Waals surface area (Å²) in [5.41, 5.74) is 3.36. The molecule has 1 N–H and O–H groups in total. The molecule has 1 atom stereocenters. The number of carbonyl (C=O) groups is 2. The van der Waals surface area contributed by atoms with Crippen LogP contribution >= 0.6 is 11.3 Å². The molecule has 1 heterocycles. The summed E-state index contributed by atoms with van der Waals surface area (Å²) < 4.78 is 13.4. The first-order valence-electron chi connectivity index (χ1n) is 10.9. The van der Waals surface area contributed by atoms with Crippen molar-refractivity contribution < 1.29 is 14.0 Å². The van der Waals surface area contributed by atoms with Crippen molar-refractivity contribution in [2.24, 2.45) is 0 Å². The average Bonchev–Trinajstić information content (AvgIpc) is 3.34. The minimum absolute atomic E-state index is 0.0606. The van der Waals surface area contributed by atoms with Gasteiger partial charge < -0.3 is 5.32 Å². The number of halogens is 1. The number of nitrogens with zero attached hydrogens (tertiary/aromatic N) is 2.